The third kappa shape index (κ3) is 2.26. The minimum Gasteiger partial charge on any atom is -0.429 e. The van der Waals surface area contributed by atoms with Crippen molar-refractivity contribution in [3.63, 3.8) is 0 Å². The van der Waals surface area contributed by atoms with Crippen molar-refractivity contribution >= 4 is 18.5 Å². The van der Waals surface area contributed by atoms with Crippen molar-refractivity contribution in [1.29, 1.82) is 0 Å². The Morgan fingerprint density at radius 2 is 1.26 bits per heavy atom. The Morgan fingerprint density at radius 3 is 2.00 bits per heavy atom. The molecule has 2 aliphatic rings. The number of rotatable bonds is 1. The third-order valence-corrected chi connectivity index (χ3v) is 3.28. The van der Waals surface area contributed by atoms with Crippen LogP contribution >= 0.6 is 0 Å². The first-order valence-electron chi connectivity index (χ1n) is 6.07. The van der Waals surface area contributed by atoms with Crippen molar-refractivity contribution in [2.24, 2.45) is 0 Å². The van der Waals surface area contributed by atoms with E-state index in [0.29, 0.717) is 0 Å². The molecule has 0 spiro atoms. The summed E-state index contributed by atoms with van der Waals surface area (Å²) in [5.74, 6) is 0. The van der Waals surface area contributed by atoms with E-state index in [2.05, 4.69) is 60.7 Å². The minimum atomic E-state index is 0. The quantitative estimate of drug-likeness (QED) is 0.507. The van der Waals surface area contributed by atoms with Crippen molar-refractivity contribution in [1.82, 2.24) is 0 Å². The first-order chi connectivity index (χ1) is 9.33. The second-order valence-electron chi connectivity index (χ2n) is 4.44. The highest BCUT2D eigenvalue weighted by molar-refractivity contribution is 6.13. The van der Waals surface area contributed by atoms with Crippen LogP contribution in [0.1, 0.15) is 0 Å². The zero-order valence-electron chi connectivity index (χ0n) is 10.2. The van der Waals surface area contributed by atoms with Crippen LogP contribution in [0.5, 0.6) is 0 Å². The van der Waals surface area contributed by atoms with E-state index < -0.39 is 0 Å². The third-order valence-electron chi connectivity index (χ3n) is 3.28. The second kappa shape index (κ2) is 4.88. The molecule has 2 aromatic carbocycles. The van der Waals surface area contributed by atoms with Gasteiger partial charge in [-0.15, -0.1) is 0 Å². The summed E-state index contributed by atoms with van der Waals surface area (Å²) in [6.07, 6.45) is 0. The molecule has 0 saturated carbocycles. The SMILES string of the molecule is O[B]O.c1ccc2c(-c3cc4cc-4c3)cccc2c1. The monoisotopic (exact) mass is 247 g/mol. The van der Waals surface area contributed by atoms with Gasteiger partial charge in [-0.2, -0.15) is 0 Å². The van der Waals surface area contributed by atoms with Crippen LogP contribution in [0, 0.1) is 0 Å². The van der Waals surface area contributed by atoms with Crippen molar-refractivity contribution in [2.45, 2.75) is 0 Å². The maximum Gasteiger partial charge on any atom is 0.482 e. The molecule has 1 radical (unpaired) electrons. The van der Waals surface area contributed by atoms with Gasteiger partial charge in [0, 0.05) is 0 Å². The molecule has 0 amide bonds. The van der Waals surface area contributed by atoms with Gasteiger partial charge >= 0.3 is 7.69 Å². The van der Waals surface area contributed by atoms with E-state index in [1.54, 1.807) is 0 Å². The van der Waals surface area contributed by atoms with Gasteiger partial charge in [-0.3, -0.25) is 0 Å². The van der Waals surface area contributed by atoms with E-state index in [9.17, 15) is 0 Å². The van der Waals surface area contributed by atoms with Gasteiger partial charge in [0.1, 0.15) is 0 Å². The molecule has 0 bridgehead atoms. The molecular formula is C16H12BO2. The number of hydrogen-bond donors (Lipinski definition) is 2. The molecule has 0 fully saturated rings. The average Bonchev–Trinajstić information content (AvgIpc) is 3.05. The summed E-state index contributed by atoms with van der Waals surface area (Å²) in [7, 11) is 0. The zero-order chi connectivity index (χ0) is 13.2. The highest BCUT2D eigenvalue weighted by Crippen LogP contribution is 2.41. The lowest BCUT2D eigenvalue weighted by Crippen LogP contribution is -1.78. The molecule has 0 saturated heterocycles. The largest absolute Gasteiger partial charge is 0.482 e. The molecule has 0 aliphatic heterocycles. The Hall–Kier alpha value is -2.10. The summed E-state index contributed by atoms with van der Waals surface area (Å²) in [6, 6.07) is 21.8. The Balaban J connectivity index is 0.000000339. The van der Waals surface area contributed by atoms with Crippen LogP contribution in [-0.2, 0) is 0 Å². The average molecular weight is 247 g/mol. The van der Waals surface area contributed by atoms with Gasteiger partial charge in [0.05, 0.1) is 0 Å². The normalized spacial score (nSPS) is 10.6. The van der Waals surface area contributed by atoms with Crippen molar-refractivity contribution < 1.29 is 10.0 Å². The van der Waals surface area contributed by atoms with Gasteiger partial charge in [-0.1, -0.05) is 42.5 Å². The van der Waals surface area contributed by atoms with Crippen molar-refractivity contribution in [2.75, 3.05) is 0 Å². The maximum absolute atomic E-state index is 7.00. The summed E-state index contributed by atoms with van der Waals surface area (Å²) >= 11 is 0. The van der Waals surface area contributed by atoms with Gasteiger partial charge in [0.15, 0.2) is 0 Å². The van der Waals surface area contributed by atoms with E-state index in [1.807, 2.05) is 0 Å². The molecule has 2 aromatic rings. The van der Waals surface area contributed by atoms with Gasteiger partial charge in [-0.25, -0.2) is 0 Å². The fraction of sp³-hybridized carbons (Fsp3) is 0. The van der Waals surface area contributed by atoms with Gasteiger partial charge < -0.3 is 10.0 Å². The number of benzene rings is 3. The molecule has 0 atom stereocenters. The lowest BCUT2D eigenvalue weighted by molar-refractivity contribution is 0.448. The predicted molar refractivity (Wildman–Crippen MR) is 78.6 cm³/mol. The Bertz CT molecular complexity index is 712. The van der Waals surface area contributed by atoms with E-state index in [0.717, 1.165) is 0 Å². The predicted octanol–water partition coefficient (Wildman–Crippen LogP) is 2.99. The lowest BCUT2D eigenvalue weighted by atomic mass is 10.0. The van der Waals surface area contributed by atoms with Gasteiger partial charge in [0.25, 0.3) is 0 Å². The first kappa shape index (κ1) is 12.0. The summed E-state index contributed by atoms with van der Waals surface area (Å²) in [4.78, 5) is 0. The summed E-state index contributed by atoms with van der Waals surface area (Å²) in [5, 5.41) is 16.7. The summed E-state index contributed by atoms with van der Waals surface area (Å²) in [5.41, 5.74) is 5.51. The van der Waals surface area contributed by atoms with Crippen LogP contribution < -0.4 is 0 Å². The standard InChI is InChI=1S/C16H10.BH2O2/c1-2-6-15-11(4-1)5-3-7-16(15)14-9-12-8-13(12)10-14;2-1-3/h1-10H;2-3H. The fourth-order valence-electron chi connectivity index (χ4n) is 2.39. The second-order valence-corrected chi connectivity index (χ2v) is 4.44. The van der Waals surface area contributed by atoms with Crippen LogP contribution in [-0.4, -0.2) is 17.7 Å². The molecule has 2 nitrogen and oxygen atoms in total. The van der Waals surface area contributed by atoms with Crippen molar-refractivity contribution in [3.05, 3.63) is 60.7 Å². The Kier molecular flexibility index (Phi) is 3.07. The smallest absolute Gasteiger partial charge is 0.429 e. The lowest BCUT2D eigenvalue weighted by Gasteiger charge is -2.04. The molecule has 0 unspecified atom stereocenters. The molecule has 4 rings (SSSR count). The summed E-state index contributed by atoms with van der Waals surface area (Å²) < 4.78 is 0. The van der Waals surface area contributed by atoms with Crippen LogP contribution in [0.3, 0.4) is 0 Å². The first-order valence-corrected chi connectivity index (χ1v) is 6.07. The Morgan fingerprint density at radius 1 is 0.684 bits per heavy atom. The van der Waals surface area contributed by atoms with E-state index in [4.69, 9.17) is 10.0 Å². The molecule has 2 aliphatic carbocycles. The van der Waals surface area contributed by atoms with Crippen molar-refractivity contribution in [3.8, 4) is 22.3 Å². The number of hydrogen-bond acceptors (Lipinski definition) is 2. The Labute approximate surface area is 112 Å². The van der Waals surface area contributed by atoms with E-state index in [1.165, 1.54) is 33.0 Å². The topological polar surface area (TPSA) is 40.5 Å². The molecule has 91 valence electrons. The highest BCUT2D eigenvalue weighted by atomic mass is 16.4. The van der Waals surface area contributed by atoms with Gasteiger partial charge in [-0.05, 0) is 51.2 Å². The van der Waals surface area contributed by atoms with E-state index >= 15 is 0 Å². The van der Waals surface area contributed by atoms with Crippen LogP contribution in [0.2, 0.25) is 0 Å². The number of fused-ring (bicyclic) bond motifs is 2. The molecule has 19 heavy (non-hydrogen) atoms. The van der Waals surface area contributed by atoms with Crippen LogP contribution in [0.15, 0.2) is 60.7 Å². The van der Waals surface area contributed by atoms with Crippen LogP contribution in [0.25, 0.3) is 33.0 Å². The van der Waals surface area contributed by atoms with E-state index in [-0.39, 0.29) is 7.69 Å². The van der Waals surface area contributed by atoms with Gasteiger partial charge in [0.2, 0.25) is 0 Å². The summed E-state index contributed by atoms with van der Waals surface area (Å²) in [6.45, 7) is 0. The fourth-order valence-corrected chi connectivity index (χ4v) is 2.39. The molecule has 0 heterocycles. The molecular weight excluding hydrogens is 235 g/mol. The highest BCUT2D eigenvalue weighted by Gasteiger charge is 2.15. The maximum atomic E-state index is 7.00. The molecule has 0 aromatic heterocycles. The molecule has 3 heteroatoms. The zero-order valence-corrected chi connectivity index (χ0v) is 10.2. The van der Waals surface area contributed by atoms with Crippen LogP contribution in [0.4, 0.5) is 0 Å². The molecule has 2 N–H and O–H groups in total. The minimum absolute atomic E-state index is 0.